The van der Waals surface area contributed by atoms with E-state index in [1.54, 1.807) is 23.6 Å². The van der Waals surface area contributed by atoms with Crippen LogP contribution < -0.4 is 0 Å². The number of carbonyl (C=O) groups excluding carboxylic acids is 2. The Morgan fingerprint density at radius 2 is 1.74 bits per heavy atom. The molecule has 9 heteroatoms. The summed E-state index contributed by atoms with van der Waals surface area (Å²) in [4.78, 5) is 28.4. The molecule has 27 heavy (non-hydrogen) atoms. The van der Waals surface area contributed by atoms with Crippen molar-refractivity contribution < 1.29 is 18.5 Å². The van der Waals surface area contributed by atoms with Crippen molar-refractivity contribution in [2.24, 2.45) is 0 Å². The van der Waals surface area contributed by atoms with E-state index in [0.29, 0.717) is 37.6 Å². The fraction of sp³-hybridized carbons (Fsp3) is 0.389. The summed E-state index contributed by atoms with van der Waals surface area (Å²) in [7, 11) is 0. The maximum absolute atomic E-state index is 13.7. The largest absolute Gasteiger partial charge is 0.361 e. The minimum atomic E-state index is -0.697. The lowest BCUT2D eigenvalue weighted by molar-refractivity contribution is -0.131. The van der Waals surface area contributed by atoms with Crippen molar-refractivity contribution >= 4 is 35.0 Å². The molecule has 0 unspecified atom stereocenters. The summed E-state index contributed by atoms with van der Waals surface area (Å²) in [6.07, 6.45) is 0.212. The van der Waals surface area contributed by atoms with Crippen LogP contribution in [-0.2, 0) is 11.2 Å². The SMILES string of the molecule is Cc1noc(C)c1CC(=O)N1CCN(C(=O)c2cc(F)c(Cl)cc2Cl)CC1. The molecule has 0 saturated carbocycles. The summed E-state index contributed by atoms with van der Waals surface area (Å²) < 4.78 is 18.8. The van der Waals surface area contributed by atoms with E-state index in [1.807, 2.05) is 0 Å². The van der Waals surface area contributed by atoms with Gasteiger partial charge in [-0.05, 0) is 26.0 Å². The molecule has 144 valence electrons. The third-order valence-electron chi connectivity index (χ3n) is 4.67. The second kappa shape index (κ2) is 7.86. The first-order chi connectivity index (χ1) is 12.8. The van der Waals surface area contributed by atoms with Crippen LogP contribution in [0.1, 0.15) is 27.4 Å². The lowest BCUT2D eigenvalue weighted by Crippen LogP contribution is -2.51. The highest BCUT2D eigenvalue weighted by atomic mass is 35.5. The monoisotopic (exact) mass is 413 g/mol. The normalized spacial score (nSPS) is 14.6. The first-order valence-corrected chi connectivity index (χ1v) is 9.17. The zero-order valence-corrected chi connectivity index (χ0v) is 16.4. The van der Waals surface area contributed by atoms with Gasteiger partial charge in [-0.25, -0.2) is 4.39 Å². The molecule has 0 spiro atoms. The number of rotatable bonds is 3. The number of halogens is 3. The van der Waals surface area contributed by atoms with E-state index < -0.39 is 5.82 Å². The molecule has 0 aliphatic carbocycles. The van der Waals surface area contributed by atoms with Gasteiger partial charge in [-0.3, -0.25) is 9.59 Å². The molecule has 1 saturated heterocycles. The van der Waals surface area contributed by atoms with Crippen molar-refractivity contribution in [3.63, 3.8) is 0 Å². The Morgan fingerprint density at radius 3 is 2.33 bits per heavy atom. The van der Waals surface area contributed by atoms with Crippen molar-refractivity contribution in [2.75, 3.05) is 26.2 Å². The third kappa shape index (κ3) is 4.09. The van der Waals surface area contributed by atoms with Crippen LogP contribution in [0.15, 0.2) is 16.7 Å². The van der Waals surface area contributed by atoms with Crippen LogP contribution in [-0.4, -0.2) is 52.9 Å². The van der Waals surface area contributed by atoms with Gasteiger partial charge in [0.15, 0.2) is 0 Å². The number of carbonyl (C=O) groups is 2. The van der Waals surface area contributed by atoms with Crippen LogP contribution in [0.3, 0.4) is 0 Å². The zero-order valence-electron chi connectivity index (χ0n) is 14.9. The first kappa shape index (κ1) is 19.6. The van der Waals surface area contributed by atoms with Gasteiger partial charge in [0, 0.05) is 31.7 Å². The molecule has 3 rings (SSSR count). The molecule has 0 radical (unpaired) electrons. The highest BCUT2D eigenvalue weighted by Crippen LogP contribution is 2.26. The Balaban J connectivity index is 1.62. The summed E-state index contributed by atoms with van der Waals surface area (Å²) in [6.45, 7) is 5.03. The van der Waals surface area contributed by atoms with Gasteiger partial charge < -0.3 is 14.3 Å². The summed E-state index contributed by atoms with van der Waals surface area (Å²) in [5, 5.41) is 3.82. The molecule has 6 nitrogen and oxygen atoms in total. The van der Waals surface area contributed by atoms with Crippen molar-refractivity contribution in [3.8, 4) is 0 Å². The summed E-state index contributed by atoms with van der Waals surface area (Å²) in [5.41, 5.74) is 1.56. The predicted octanol–water partition coefficient (Wildman–Crippen LogP) is 3.26. The first-order valence-electron chi connectivity index (χ1n) is 8.41. The lowest BCUT2D eigenvalue weighted by Gasteiger charge is -2.35. The zero-order chi connectivity index (χ0) is 19.7. The highest BCUT2D eigenvalue weighted by Gasteiger charge is 2.27. The number of nitrogens with zero attached hydrogens (tertiary/aromatic N) is 3. The van der Waals surface area contributed by atoms with Gasteiger partial charge in [-0.15, -0.1) is 0 Å². The molecule has 1 aromatic carbocycles. The van der Waals surface area contributed by atoms with Crippen LogP contribution in [0.4, 0.5) is 4.39 Å². The number of amides is 2. The highest BCUT2D eigenvalue weighted by molar-refractivity contribution is 6.36. The van der Waals surface area contributed by atoms with Gasteiger partial charge in [0.25, 0.3) is 5.91 Å². The molecule has 0 bridgehead atoms. The Bertz CT molecular complexity index is 873. The number of benzene rings is 1. The number of aryl methyl sites for hydroxylation is 2. The van der Waals surface area contributed by atoms with Gasteiger partial charge in [-0.2, -0.15) is 0 Å². The van der Waals surface area contributed by atoms with Gasteiger partial charge in [-0.1, -0.05) is 28.4 Å². The van der Waals surface area contributed by atoms with Crippen LogP contribution in [0, 0.1) is 19.7 Å². The number of hydrogen-bond acceptors (Lipinski definition) is 4. The molecule has 2 aromatic rings. The Morgan fingerprint density at radius 1 is 1.11 bits per heavy atom. The lowest BCUT2D eigenvalue weighted by atomic mass is 10.1. The smallest absolute Gasteiger partial charge is 0.255 e. The second-order valence-corrected chi connectivity index (χ2v) is 7.21. The van der Waals surface area contributed by atoms with Gasteiger partial charge >= 0.3 is 0 Å². The minimum Gasteiger partial charge on any atom is -0.361 e. The van der Waals surface area contributed by atoms with E-state index in [0.717, 1.165) is 11.6 Å². The van der Waals surface area contributed by atoms with Gasteiger partial charge in [0.05, 0.1) is 27.7 Å². The number of piperazine rings is 1. The van der Waals surface area contributed by atoms with Crippen LogP contribution in [0.25, 0.3) is 0 Å². The van der Waals surface area contributed by atoms with Crippen molar-refractivity contribution in [1.82, 2.24) is 15.0 Å². The number of hydrogen-bond donors (Lipinski definition) is 0. The third-order valence-corrected chi connectivity index (χ3v) is 5.27. The van der Waals surface area contributed by atoms with E-state index in [1.165, 1.54) is 6.07 Å². The Kier molecular flexibility index (Phi) is 5.72. The molecule has 0 N–H and O–H groups in total. The van der Waals surface area contributed by atoms with Crippen molar-refractivity contribution in [3.05, 3.63) is 50.6 Å². The average molecular weight is 414 g/mol. The molecule has 1 aromatic heterocycles. The number of aromatic nitrogens is 1. The summed E-state index contributed by atoms with van der Waals surface area (Å²) in [5.74, 6) is -0.493. The van der Waals surface area contributed by atoms with Crippen molar-refractivity contribution in [2.45, 2.75) is 20.3 Å². The molecular formula is C18H18Cl2FN3O3. The fourth-order valence-corrected chi connectivity index (χ4v) is 3.50. The molecule has 2 heterocycles. The Labute approximate surface area is 165 Å². The van der Waals surface area contributed by atoms with E-state index >= 15 is 0 Å². The topological polar surface area (TPSA) is 66.7 Å². The summed E-state index contributed by atoms with van der Waals surface area (Å²) >= 11 is 11.7. The molecule has 0 atom stereocenters. The average Bonchev–Trinajstić information content (AvgIpc) is 2.96. The molecule has 1 aliphatic heterocycles. The van der Waals surface area contributed by atoms with E-state index in [4.69, 9.17) is 27.7 Å². The van der Waals surface area contributed by atoms with E-state index in [2.05, 4.69) is 5.16 Å². The summed E-state index contributed by atoms with van der Waals surface area (Å²) in [6, 6.07) is 2.26. The second-order valence-electron chi connectivity index (χ2n) is 6.40. The minimum absolute atomic E-state index is 0.0490. The van der Waals surface area contributed by atoms with Crippen LogP contribution >= 0.6 is 23.2 Å². The predicted molar refractivity (Wildman–Crippen MR) is 98.6 cm³/mol. The molecule has 1 aliphatic rings. The molecule has 1 fully saturated rings. The van der Waals surface area contributed by atoms with E-state index in [9.17, 15) is 14.0 Å². The van der Waals surface area contributed by atoms with Gasteiger partial charge in [0.1, 0.15) is 11.6 Å². The van der Waals surface area contributed by atoms with Gasteiger partial charge in [0.2, 0.25) is 5.91 Å². The molecular weight excluding hydrogens is 396 g/mol. The quantitative estimate of drug-likeness (QED) is 0.724. The Hall–Kier alpha value is -2.12. The fourth-order valence-electron chi connectivity index (χ4n) is 3.03. The molecule has 2 amide bonds. The van der Waals surface area contributed by atoms with E-state index in [-0.39, 0.29) is 33.8 Å². The van der Waals surface area contributed by atoms with Crippen LogP contribution in [0.5, 0.6) is 0 Å². The maximum Gasteiger partial charge on any atom is 0.255 e. The van der Waals surface area contributed by atoms with Crippen LogP contribution in [0.2, 0.25) is 10.0 Å². The van der Waals surface area contributed by atoms with Crippen molar-refractivity contribution in [1.29, 1.82) is 0 Å². The maximum atomic E-state index is 13.7. The standard InChI is InChI=1S/C18H18Cl2FN3O3/c1-10-12(11(2)27-22-10)8-17(25)23-3-5-24(6-4-23)18(26)13-7-16(21)15(20)9-14(13)19/h7,9H,3-6,8H2,1-2H3.